The minimum Gasteiger partial charge on any atom is -0.497 e. The molecule has 6 rings (SSSR count). The van der Waals surface area contributed by atoms with Crippen molar-refractivity contribution in [2.75, 3.05) is 27.0 Å². The number of hydrogen-bond donors (Lipinski definition) is 1. The molecule has 1 fully saturated rings. The van der Waals surface area contributed by atoms with Crippen LogP contribution in [0.25, 0.3) is 10.9 Å². The van der Waals surface area contributed by atoms with Crippen LogP contribution in [0.4, 0.5) is 0 Å². The highest BCUT2D eigenvalue weighted by molar-refractivity contribution is 5.83. The van der Waals surface area contributed by atoms with Crippen molar-refractivity contribution in [3.05, 3.63) is 69.8 Å². The fourth-order valence-corrected chi connectivity index (χ4v) is 5.03. The third kappa shape index (κ3) is 4.17. The molecule has 2 aromatic carbocycles. The van der Waals surface area contributed by atoms with Crippen LogP contribution in [0.2, 0.25) is 0 Å². The monoisotopic (exact) mass is 488 g/mol. The van der Waals surface area contributed by atoms with Gasteiger partial charge in [-0.2, -0.15) is 0 Å². The van der Waals surface area contributed by atoms with Crippen molar-refractivity contribution in [1.82, 2.24) is 30.1 Å². The Morgan fingerprint density at radius 3 is 2.61 bits per heavy atom. The highest BCUT2D eigenvalue weighted by Crippen LogP contribution is 2.37. The SMILES string of the molecule is COc1ccc(Cn2nnnc2C(c2cc3cc4c(cc3[nH]c2=O)OCO4)N2CCC(C)CC2)cc1. The Balaban J connectivity index is 1.43. The van der Waals surface area contributed by atoms with Crippen LogP contribution in [0.5, 0.6) is 17.2 Å². The molecular weight excluding hydrogens is 460 g/mol. The van der Waals surface area contributed by atoms with Crippen molar-refractivity contribution < 1.29 is 14.2 Å². The van der Waals surface area contributed by atoms with Crippen molar-refractivity contribution in [3.8, 4) is 17.2 Å². The average molecular weight is 489 g/mol. The standard InChI is InChI=1S/C26H28N6O4/c1-16-7-9-31(10-8-16)24(25-28-29-30-32(25)14-17-3-5-19(34-2)6-4-17)20-11-18-12-22-23(36-15-35-22)13-21(18)27-26(20)33/h3-6,11-13,16,24H,7-10,14-15H2,1-2H3,(H,27,33). The van der Waals surface area contributed by atoms with Crippen molar-refractivity contribution in [2.24, 2.45) is 5.92 Å². The molecule has 2 aliphatic heterocycles. The molecule has 0 aliphatic carbocycles. The summed E-state index contributed by atoms with van der Waals surface area (Å²) < 4.78 is 18.1. The molecule has 0 amide bonds. The lowest BCUT2D eigenvalue weighted by atomic mass is 9.95. The van der Waals surface area contributed by atoms with Gasteiger partial charge in [0.25, 0.3) is 5.56 Å². The maximum absolute atomic E-state index is 13.5. The third-order valence-corrected chi connectivity index (χ3v) is 7.14. The molecule has 0 saturated carbocycles. The molecule has 1 N–H and O–H groups in total. The van der Waals surface area contributed by atoms with Crippen LogP contribution in [0.15, 0.2) is 47.3 Å². The second kappa shape index (κ2) is 9.27. The number of ether oxygens (including phenoxy) is 3. The van der Waals surface area contributed by atoms with Gasteiger partial charge in [-0.25, -0.2) is 4.68 Å². The third-order valence-electron chi connectivity index (χ3n) is 7.14. The van der Waals surface area contributed by atoms with Gasteiger partial charge in [0.15, 0.2) is 17.3 Å². The molecule has 4 aromatic rings. The van der Waals surface area contributed by atoms with Gasteiger partial charge in [-0.1, -0.05) is 19.1 Å². The molecule has 0 spiro atoms. The molecule has 4 heterocycles. The van der Waals surface area contributed by atoms with E-state index in [1.54, 1.807) is 11.8 Å². The fourth-order valence-electron chi connectivity index (χ4n) is 5.03. The molecule has 2 aromatic heterocycles. The predicted molar refractivity (Wildman–Crippen MR) is 132 cm³/mol. The maximum Gasteiger partial charge on any atom is 0.253 e. The number of rotatable bonds is 6. The summed E-state index contributed by atoms with van der Waals surface area (Å²) in [7, 11) is 1.65. The van der Waals surface area contributed by atoms with Crippen LogP contribution in [0, 0.1) is 5.92 Å². The van der Waals surface area contributed by atoms with Crippen LogP contribution < -0.4 is 19.8 Å². The molecule has 10 heteroatoms. The van der Waals surface area contributed by atoms with E-state index in [2.05, 4.69) is 32.3 Å². The maximum atomic E-state index is 13.5. The van der Waals surface area contributed by atoms with Gasteiger partial charge in [0.1, 0.15) is 11.8 Å². The number of benzene rings is 2. The number of H-pyrrole nitrogens is 1. The highest BCUT2D eigenvalue weighted by atomic mass is 16.7. The molecular formula is C26H28N6O4. The van der Waals surface area contributed by atoms with Crippen LogP contribution >= 0.6 is 0 Å². The molecule has 36 heavy (non-hydrogen) atoms. The molecule has 0 bridgehead atoms. The average Bonchev–Trinajstić information content (AvgIpc) is 3.54. The van der Waals surface area contributed by atoms with Crippen LogP contribution in [-0.4, -0.2) is 57.1 Å². The number of hydrogen-bond acceptors (Lipinski definition) is 8. The highest BCUT2D eigenvalue weighted by Gasteiger charge is 2.32. The van der Waals surface area contributed by atoms with E-state index >= 15 is 0 Å². The van der Waals surface area contributed by atoms with Crippen LogP contribution in [-0.2, 0) is 6.54 Å². The summed E-state index contributed by atoms with van der Waals surface area (Å²) in [5.41, 5.74) is 2.19. The number of nitrogens with one attached hydrogen (secondary N) is 1. The van der Waals surface area contributed by atoms with Gasteiger partial charge in [0.05, 0.1) is 19.2 Å². The van der Waals surface area contributed by atoms with E-state index in [0.29, 0.717) is 40.9 Å². The van der Waals surface area contributed by atoms with E-state index in [4.69, 9.17) is 14.2 Å². The molecule has 10 nitrogen and oxygen atoms in total. The lowest BCUT2D eigenvalue weighted by Crippen LogP contribution is -2.40. The molecule has 1 saturated heterocycles. The Labute approximate surface area is 207 Å². The molecule has 1 atom stereocenters. The fraction of sp³-hybridized carbons (Fsp3) is 0.385. The minimum atomic E-state index is -0.385. The lowest BCUT2D eigenvalue weighted by molar-refractivity contribution is 0.149. The lowest BCUT2D eigenvalue weighted by Gasteiger charge is -2.35. The number of tetrazole rings is 1. The molecule has 186 valence electrons. The van der Waals surface area contributed by atoms with Crippen LogP contribution in [0.1, 0.15) is 42.8 Å². The van der Waals surface area contributed by atoms with E-state index in [1.165, 1.54) is 0 Å². The van der Waals surface area contributed by atoms with Crippen molar-refractivity contribution in [2.45, 2.75) is 32.4 Å². The zero-order valence-corrected chi connectivity index (χ0v) is 20.3. The van der Waals surface area contributed by atoms with Gasteiger partial charge in [-0.05, 0) is 72.1 Å². The number of fused-ring (bicyclic) bond motifs is 2. The van der Waals surface area contributed by atoms with E-state index < -0.39 is 0 Å². The van der Waals surface area contributed by atoms with E-state index in [-0.39, 0.29) is 18.4 Å². The van der Waals surface area contributed by atoms with Crippen molar-refractivity contribution in [3.63, 3.8) is 0 Å². The minimum absolute atomic E-state index is 0.163. The first-order chi connectivity index (χ1) is 17.6. The summed E-state index contributed by atoms with van der Waals surface area (Å²) in [4.78, 5) is 18.8. The number of piperidine rings is 1. The number of aromatic amines is 1. The summed E-state index contributed by atoms with van der Waals surface area (Å²) in [5, 5.41) is 13.6. The number of aromatic nitrogens is 5. The summed E-state index contributed by atoms with van der Waals surface area (Å²) in [5.74, 6) is 3.39. The summed E-state index contributed by atoms with van der Waals surface area (Å²) in [6, 6.07) is 13.1. The Kier molecular flexibility index (Phi) is 5.80. The summed E-state index contributed by atoms with van der Waals surface area (Å²) >= 11 is 0. The number of methoxy groups -OCH3 is 1. The predicted octanol–water partition coefficient (Wildman–Crippen LogP) is 3.12. The van der Waals surface area contributed by atoms with Gasteiger partial charge < -0.3 is 19.2 Å². The molecule has 0 radical (unpaired) electrons. The van der Waals surface area contributed by atoms with E-state index in [0.717, 1.165) is 42.6 Å². The first-order valence-corrected chi connectivity index (χ1v) is 12.2. The first-order valence-electron chi connectivity index (χ1n) is 12.2. The summed E-state index contributed by atoms with van der Waals surface area (Å²) in [6.45, 7) is 4.65. The molecule has 1 unspecified atom stereocenters. The topological polar surface area (TPSA) is 107 Å². The summed E-state index contributed by atoms with van der Waals surface area (Å²) in [6.07, 6.45) is 2.11. The Hall–Kier alpha value is -3.92. The Bertz CT molecular complexity index is 1440. The van der Waals surface area contributed by atoms with E-state index in [1.807, 2.05) is 42.5 Å². The van der Waals surface area contributed by atoms with Gasteiger partial charge in [-0.3, -0.25) is 9.69 Å². The van der Waals surface area contributed by atoms with Crippen molar-refractivity contribution in [1.29, 1.82) is 0 Å². The Morgan fingerprint density at radius 1 is 1.11 bits per heavy atom. The van der Waals surface area contributed by atoms with Crippen molar-refractivity contribution >= 4 is 10.9 Å². The molecule has 2 aliphatic rings. The second-order valence-electron chi connectivity index (χ2n) is 9.51. The zero-order valence-electron chi connectivity index (χ0n) is 20.3. The largest absolute Gasteiger partial charge is 0.497 e. The Morgan fingerprint density at radius 2 is 1.86 bits per heavy atom. The van der Waals surface area contributed by atoms with E-state index in [9.17, 15) is 4.79 Å². The van der Waals surface area contributed by atoms with Gasteiger partial charge in [0.2, 0.25) is 6.79 Å². The number of nitrogens with zero attached hydrogens (tertiary/aromatic N) is 5. The van der Waals surface area contributed by atoms with Gasteiger partial charge >= 0.3 is 0 Å². The smallest absolute Gasteiger partial charge is 0.253 e. The zero-order chi connectivity index (χ0) is 24.6. The van der Waals surface area contributed by atoms with Crippen LogP contribution in [0.3, 0.4) is 0 Å². The number of pyridine rings is 1. The van der Waals surface area contributed by atoms with Gasteiger partial charge in [-0.15, -0.1) is 5.10 Å². The second-order valence-corrected chi connectivity index (χ2v) is 9.51. The first kappa shape index (κ1) is 22.5. The van der Waals surface area contributed by atoms with Gasteiger partial charge in [0, 0.05) is 17.0 Å². The normalized spacial score (nSPS) is 16.9. The quantitative estimate of drug-likeness (QED) is 0.441. The number of likely N-dealkylation sites (tertiary alicyclic amines) is 1.